The van der Waals surface area contributed by atoms with Crippen molar-refractivity contribution in [2.75, 3.05) is 11.1 Å². The van der Waals surface area contributed by atoms with E-state index in [-0.39, 0.29) is 5.91 Å². The molecule has 7 heteroatoms. The zero-order valence-corrected chi connectivity index (χ0v) is 15.0. The number of carbonyl (C=O) groups excluding carboxylic acids is 1. The maximum Gasteiger partial charge on any atom is 0.236 e. The number of anilines is 1. The first-order valence-electron chi connectivity index (χ1n) is 7.20. The Morgan fingerprint density at radius 3 is 2.83 bits per heavy atom. The molecule has 1 N–H and O–H groups in total. The molecule has 122 valence electrons. The van der Waals surface area contributed by atoms with Crippen LogP contribution in [0.5, 0.6) is 0 Å². The van der Waals surface area contributed by atoms with Crippen LogP contribution in [0.4, 0.5) is 5.13 Å². The number of benzene rings is 1. The Hall–Kier alpha value is -1.89. The van der Waals surface area contributed by atoms with Gasteiger partial charge < -0.3 is 5.32 Å². The number of hydrogen-bond acceptors (Lipinski definition) is 5. The fourth-order valence-corrected chi connectivity index (χ4v) is 3.71. The van der Waals surface area contributed by atoms with E-state index in [9.17, 15) is 4.79 Å². The third-order valence-electron chi connectivity index (χ3n) is 3.11. The molecule has 0 radical (unpaired) electrons. The number of thiazole rings is 1. The number of amides is 1. The number of carbonyl (C=O) groups is 1. The van der Waals surface area contributed by atoms with E-state index in [2.05, 4.69) is 15.3 Å². The predicted octanol–water partition coefficient (Wildman–Crippen LogP) is 4.73. The van der Waals surface area contributed by atoms with Gasteiger partial charge in [-0.15, -0.1) is 23.1 Å². The van der Waals surface area contributed by atoms with Gasteiger partial charge in [-0.25, -0.2) is 4.98 Å². The van der Waals surface area contributed by atoms with Gasteiger partial charge in [0.05, 0.1) is 17.1 Å². The molecule has 0 aliphatic rings. The van der Waals surface area contributed by atoms with E-state index >= 15 is 0 Å². The molecule has 3 rings (SSSR count). The van der Waals surface area contributed by atoms with Gasteiger partial charge in [0.1, 0.15) is 0 Å². The SMILES string of the molecule is O=C(CSCc1ccccn1)Nc1nc(-c2ccccc2Cl)cs1. The largest absolute Gasteiger partial charge is 0.301 e. The average molecular weight is 376 g/mol. The lowest BCUT2D eigenvalue weighted by atomic mass is 10.2. The maximum atomic E-state index is 12.0. The highest BCUT2D eigenvalue weighted by molar-refractivity contribution is 7.99. The van der Waals surface area contributed by atoms with Crippen LogP contribution >= 0.6 is 34.7 Å². The van der Waals surface area contributed by atoms with Gasteiger partial charge in [0.25, 0.3) is 0 Å². The highest BCUT2D eigenvalue weighted by atomic mass is 35.5. The fourth-order valence-electron chi connectivity index (χ4n) is 2.01. The van der Waals surface area contributed by atoms with Crippen LogP contribution in [0, 0.1) is 0 Å². The molecular formula is C17H14ClN3OS2. The number of aromatic nitrogens is 2. The molecule has 0 aliphatic carbocycles. The lowest BCUT2D eigenvalue weighted by Gasteiger charge is -2.02. The first-order chi connectivity index (χ1) is 11.7. The van der Waals surface area contributed by atoms with E-state index in [1.54, 1.807) is 6.20 Å². The van der Waals surface area contributed by atoms with Gasteiger partial charge in [0, 0.05) is 27.9 Å². The van der Waals surface area contributed by atoms with Crippen LogP contribution < -0.4 is 5.32 Å². The summed E-state index contributed by atoms with van der Waals surface area (Å²) in [6, 6.07) is 13.3. The van der Waals surface area contributed by atoms with Gasteiger partial charge in [-0.1, -0.05) is 35.9 Å². The van der Waals surface area contributed by atoms with Crippen molar-refractivity contribution >= 4 is 45.7 Å². The van der Waals surface area contributed by atoms with E-state index < -0.39 is 0 Å². The summed E-state index contributed by atoms with van der Waals surface area (Å²) in [6.45, 7) is 0. The zero-order chi connectivity index (χ0) is 16.8. The molecule has 0 bridgehead atoms. The first kappa shape index (κ1) is 17.0. The molecule has 4 nitrogen and oxygen atoms in total. The molecule has 0 saturated carbocycles. The van der Waals surface area contributed by atoms with Gasteiger partial charge in [0.2, 0.25) is 5.91 Å². The summed E-state index contributed by atoms with van der Waals surface area (Å²) in [7, 11) is 0. The Balaban J connectivity index is 1.53. The third-order valence-corrected chi connectivity index (χ3v) is 5.16. The predicted molar refractivity (Wildman–Crippen MR) is 102 cm³/mol. The quantitative estimate of drug-likeness (QED) is 0.676. The number of rotatable bonds is 6. The van der Waals surface area contributed by atoms with Gasteiger partial charge in [-0.2, -0.15) is 0 Å². The molecule has 0 fully saturated rings. The van der Waals surface area contributed by atoms with Crippen molar-refractivity contribution in [1.29, 1.82) is 0 Å². The summed E-state index contributed by atoms with van der Waals surface area (Å²) >= 11 is 9.08. The van der Waals surface area contributed by atoms with Crippen molar-refractivity contribution < 1.29 is 4.79 Å². The number of pyridine rings is 1. The molecule has 2 heterocycles. The Kier molecular flexibility index (Phi) is 5.85. The van der Waals surface area contributed by atoms with Crippen LogP contribution in [0.15, 0.2) is 54.0 Å². The zero-order valence-electron chi connectivity index (χ0n) is 12.6. The van der Waals surface area contributed by atoms with Crippen LogP contribution in [0.3, 0.4) is 0 Å². The topological polar surface area (TPSA) is 54.9 Å². The van der Waals surface area contributed by atoms with Crippen molar-refractivity contribution in [3.8, 4) is 11.3 Å². The van der Waals surface area contributed by atoms with Crippen molar-refractivity contribution in [2.45, 2.75) is 5.75 Å². The summed E-state index contributed by atoms with van der Waals surface area (Å²) in [5.41, 5.74) is 2.59. The molecule has 0 saturated heterocycles. The maximum absolute atomic E-state index is 12.0. The number of nitrogens with zero attached hydrogens (tertiary/aromatic N) is 2. The molecule has 0 atom stereocenters. The summed E-state index contributed by atoms with van der Waals surface area (Å²) < 4.78 is 0. The normalized spacial score (nSPS) is 10.5. The van der Waals surface area contributed by atoms with Gasteiger partial charge in [-0.05, 0) is 18.2 Å². The minimum absolute atomic E-state index is 0.0732. The van der Waals surface area contributed by atoms with E-state index in [1.807, 2.05) is 47.8 Å². The molecule has 0 aliphatic heterocycles. The number of hydrogen-bond donors (Lipinski definition) is 1. The number of nitrogens with one attached hydrogen (secondary N) is 1. The second kappa shape index (κ2) is 8.28. The monoisotopic (exact) mass is 375 g/mol. The first-order valence-corrected chi connectivity index (χ1v) is 9.61. The molecule has 0 spiro atoms. The highest BCUT2D eigenvalue weighted by Crippen LogP contribution is 2.30. The minimum atomic E-state index is -0.0732. The molecule has 1 amide bonds. The van der Waals surface area contributed by atoms with Gasteiger partial charge >= 0.3 is 0 Å². The second-order valence-electron chi connectivity index (χ2n) is 4.88. The summed E-state index contributed by atoms with van der Waals surface area (Å²) in [6.07, 6.45) is 1.75. The van der Waals surface area contributed by atoms with Crippen molar-refractivity contribution in [3.05, 3.63) is 64.8 Å². The highest BCUT2D eigenvalue weighted by Gasteiger charge is 2.10. The summed E-state index contributed by atoms with van der Waals surface area (Å²) in [5, 5.41) is 5.93. The van der Waals surface area contributed by atoms with Crippen LogP contribution in [0.1, 0.15) is 5.69 Å². The van der Waals surface area contributed by atoms with E-state index in [0.717, 1.165) is 17.0 Å². The lowest BCUT2D eigenvalue weighted by molar-refractivity contribution is -0.113. The van der Waals surface area contributed by atoms with Crippen LogP contribution in [-0.2, 0) is 10.5 Å². The Morgan fingerprint density at radius 1 is 1.21 bits per heavy atom. The van der Waals surface area contributed by atoms with Gasteiger partial charge in [0.15, 0.2) is 5.13 Å². The van der Waals surface area contributed by atoms with Gasteiger partial charge in [-0.3, -0.25) is 9.78 Å². The molecule has 0 unspecified atom stereocenters. The molecule has 3 aromatic rings. The Bertz CT molecular complexity index is 823. The summed E-state index contributed by atoms with van der Waals surface area (Å²) in [5.74, 6) is 0.991. The smallest absolute Gasteiger partial charge is 0.236 e. The Labute approximate surface area is 153 Å². The Morgan fingerprint density at radius 2 is 2.04 bits per heavy atom. The van der Waals surface area contributed by atoms with E-state index in [1.165, 1.54) is 23.1 Å². The van der Waals surface area contributed by atoms with E-state index in [0.29, 0.717) is 21.7 Å². The number of halogens is 1. The summed E-state index contributed by atoms with van der Waals surface area (Å²) in [4.78, 5) is 20.7. The molecule has 1 aromatic carbocycles. The molecular weight excluding hydrogens is 362 g/mol. The van der Waals surface area contributed by atoms with Crippen LogP contribution in [-0.4, -0.2) is 21.6 Å². The van der Waals surface area contributed by atoms with Crippen molar-refractivity contribution in [3.63, 3.8) is 0 Å². The van der Waals surface area contributed by atoms with Crippen LogP contribution in [0.25, 0.3) is 11.3 Å². The molecule has 2 aromatic heterocycles. The lowest BCUT2D eigenvalue weighted by Crippen LogP contribution is -2.14. The van der Waals surface area contributed by atoms with Crippen LogP contribution in [0.2, 0.25) is 5.02 Å². The average Bonchev–Trinajstić information content (AvgIpc) is 3.04. The minimum Gasteiger partial charge on any atom is -0.301 e. The third kappa shape index (κ3) is 4.56. The standard InChI is InChI=1S/C17H14ClN3OS2/c18-14-7-2-1-6-13(14)15-10-24-17(20-15)21-16(22)11-23-9-12-5-3-4-8-19-12/h1-8,10H,9,11H2,(H,20,21,22). The fraction of sp³-hybridized carbons (Fsp3) is 0.118. The van der Waals surface area contributed by atoms with Crippen molar-refractivity contribution in [2.24, 2.45) is 0 Å². The van der Waals surface area contributed by atoms with E-state index in [4.69, 9.17) is 11.6 Å². The second-order valence-corrected chi connectivity index (χ2v) is 7.13. The number of thioether (sulfide) groups is 1. The molecule has 24 heavy (non-hydrogen) atoms. The van der Waals surface area contributed by atoms with Crippen molar-refractivity contribution in [1.82, 2.24) is 9.97 Å².